The number of nitrogen functional groups attached to an aromatic ring is 1. The average Bonchev–Trinajstić information content (AvgIpc) is 2.31. The number of carbonyl (C=O) groups excluding carboxylic acids is 1. The molecule has 0 aromatic heterocycles. The Kier molecular flexibility index (Phi) is 4.81. The highest BCUT2D eigenvalue weighted by Crippen LogP contribution is 2.30. The molecule has 2 atom stereocenters. The van der Waals surface area contributed by atoms with E-state index in [1.807, 2.05) is 6.92 Å². The van der Waals surface area contributed by atoms with E-state index in [4.69, 9.17) is 5.73 Å². The summed E-state index contributed by atoms with van der Waals surface area (Å²) >= 11 is 1.42. The number of halogens is 1. The Morgan fingerprint density at radius 1 is 1.47 bits per heavy atom. The first kappa shape index (κ1) is 13.8. The molecule has 0 aliphatic rings. The lowest BCUT2D eigenvalue weighted by Crippen LogP contribution is -2.21. The van der Waals surface area contributed by atoms with Crippen molar-refractivity contribution in [1.82, 2.24) is 0 Å². The highest BCUT2D eigenvalue weighted by Gasteiger charge is 2.21. The van der Waals surface area contributed by atoms with Crippen LogP contribution in [0.4, 0.5) is 10.1 Å². The second-order valence-corrected chi connectivity index (χ2v) is 5.27. The Morgan fingerprint density at radius 3 is 2.65 bits per heavy atom. The summed E-state index contributed by atoms with van der Waals surface area (Å²) in [5.41, 5.74) is 5.52. The molecular weight excluding hydrogens is 241 g/mol. The summed E-state index contributed by atoms with van der Waals surface area (Å²) < 4.78 is 17.9. The van der Waals surface area contributed by atoms with Crippen LogP contribution in [0.1, 0.15) is 13.8 Å². The summed E-state index contributed by atoms with van der Waals surface area (Å²) in [6.07, 6.45) is 0. The molecule has 1 aromatic carbocycles. The van der Waals surface area contributed by atoms with Gasteiger partial charge in [-0.25, -0.2) is 4.39 Å². The van der Waals surface area contributed by atoms with Gasteiger partial charge >= 0.3 is 5.97 Å². The van der Waals surface area contributed by atoms with Crippen molar-refractivity contribution in [3.63, 3.8) is 0 Å². The van der Waals surface area contributed by atoms with Crippen LogP contribution >= 0.6 is 11.8 Å². The normalized spacial score (nSPS) is 14.1. The van der Waals surface area contributed by atoms with Crippen molar-refractivity contribution >= 4 is 23.4 Å². The van der Waals surface area contributed by atoms with E-state index in [0.717, 1.165) is 4.90 Å². The summed E-state index contributed by atoms with van der Waals surface area (Å²) in [7, 11) is 1.36. The largest absolute Gasteiger partial charge is 0.469 e. The number of ether oxygens (including phenoxy) is 1. The molecule has 0 fully saturated rings. The van der Waals surface area contributed by atoms with Crippen molar-refractivity contribution in [3.8, 4) is 0 Å². The van der Waals surface area contributed by atoms with Crippen molar-refractivity contribution in [3.05, 3.63) is 24.0 Å². The number of hydrogen-bond acceptors (Lipinski definition) is 4. The van der Waals surface area contributed by atoms with E-state index in [9.17, 15) is 9.18 Å². The maximum atomic E-state index is 13.2. The van der Waals surface area contributed by atoms with E-state index in [2.05, 4.69) is 4.74 Å². The third-order valence-electron chi connectivity index (χ3n) is 2.57. The van der Waals surface area contributed by atoms with E-state index in [0.29, 0.717) is 0 Å². The molecule has 0 spiro atoms. The van der Waals surface area contributed by atoms with Crippen LogP contribution in [-0.4, -0.2) is 18.3 Å². The molecule has 5 heteroatoms. The number of anilines is 1. The fourth-order valence-electron chi connectivity index (χ4n) is 1.28. The minimum absolute atomic E-state index is 0.00507. The molecule has 1 rings (SSSR count). The lowest BCUT2D eigenvalue weighted by molar-refractivity contribution is -0.144. The van der Waals surface area contributed by atoms with Gasteiger partial charge in [-0.15, -0.1) is 11.8 Å². The number of benzene rings is 1. The first-order valence-corrected chi connectivity index (χ1v) is 6.13. The molecule has 2 N–H and O–H groups in total. The molecule has 94 valence electrons. The zero-order chi connectivity index (χ0) is 13.0. The number of rotatable bonds is 4. The summed E-state index contributed by atoms with van der Waals surface area (Å²) in [6, 6.07) is 4.64. The Morgan fingerprint density at radius 2 is 2.12 bits per heavy atom. The van der Waals surface area contributed by atoms with Crippen LogP contribution in [0.3, 0.4) is 0 Å². The number of thioether (sulfide) groups is 1. The number of hydrogen-bond donors (Lipinski definition) is 1. The van der Waals surface area contributed by atoms with Crippen LogP contribution in [-0.2, 0) is 9.53 Å². The lowest BCUT2D eigenvalue weighted by Gasteiger charge is -2.17. The van der Waals surface area contributed by atoms with Crippen LogP contribution in [0.15, 0.2) is 23.1 Å². The quantitative estimate of drug-likeness (QED) is 0.512. The van der Waals surface area contributed by atoms with Gasteiger partial charge in [0.1, 0.15) is 5.82 Å². The van der Waals surface area contributed by atoms with Gasteiger partial charge in [0.2, 0.25) is 0 Å². The summed E-state index contributed by atoms with van der Waals surface area (Å²) in [5.74, 6) is -0.945. The molecule has 0 heterocycles. The van der Waals surface area contributed by atoms with E-state index in [-0.39, 0.29) is 22.8 Å². The maximum Gasteiger partial charge on any atom is 0.309 e. The standard InChI is InChI=1S/C12H16FNO2S/c1-7(12(15)16-3)8(2)17-9-4-5-11(14)10(13)6-9/h4-8H,14H2,1-3H3. The van der Waals surface area contributed by atoms with Gasteiger partial charge in [0.15, 0.2) is 0 Å². The SMILES string of the molecule is COC(=O)C(C)C(C)Sc1ccc(N)c(F)c1. The molecule has 0 saturated heterocycles. The van der Waals surface area contributed by atoms with Crippen molar-refractivity contribution in [2.45, 2.75) is 24.0 Å². The minimum Gasteiger partial charge on any atom is -0.469 e. The molecule has 0 saturated carbocycles. The monoisotopic (exact) mass is 257 g/mol. The molecule has 0 amide bonds. The van der Waals surface area contributed by atoms with E-state index in [1.54, 1.807) is 13.0 Å². The smallest absolute Gasteiger partial charge is 0.309 e. The van der Waals surface area contributed by atoms with E-state index >= 15 is 0 Å². The fourth-order valence-corrected chi connectivity index (χ4v) is 2.34. The van der Waals surface area contributed by atoms with Gasteiger partial charge in [0, 0.05) is 10.1 Å². The number of nitrogens with two attached hydrogens (primary N) is 1. The Balaban J connectivity index is 2.70. The highest BCUT2D eigenvalue weighted by atomic mass is 32.2. The van der Waals surface area contributed by atoms with Gasteiger partial charge in [-0.2, -0.15) is 0 Å². The van der Waals surface area contributed by atoms with Crippen LogP contribution < -0.4 is 5.73 Å². The van der Waals surface area contributed by atoms with Crippen molar-refractivity contribution in [1.29, 1.82) is 0 Å². The predicted molar refractivity (Wildman–Crippen MR) is 67.3 cm³/mol. The van der Waals surface area contributed by atoms with Gasteiger partial charge in [0.25, 0.3) is 0 Å². The molecule has 3 nitrogen and oxygen atoms in total. The lowest BCUT2D eigenvalue weighted by atomic mass is 10.1. The first-order valence-electron chi connectivity index (χ1n) is 5.25. The van der Waals surface area contributed by atoms with Crippen molar-refractivity contribution in [2.75, 3.05) is 12.8 Å². The first-order chi connectivity index (χ1) is 7.95. The molecule has 0 radical (unpaired) electrons. The Labute approximate surface area is 105 Å². The zero-order valence-corrected chi connectivity index (χ0v) is 10.9. The van der Waals surface area contributed by atoms with Crippen LogP contribution in [0.5, 0.6) is 0 Å². The highest BCUT2D eigenvalue weighted by molar-refractivity contribution is 8.00. The van der Waals surface area contributed by atoms with Gasteiger partial charge in [-0.3, -0.25) is 4.79 Å². The van der Waals surface area contributed by atoms with Crippen LogP contribution in [0.25, 0.3) is 0 Å². The van der Waals surface area contributed by atoms with E-state index in [1.165, 1.54) is 31.0 Å². The topological polar surface area (TPSA) is 52.3 Å². The fraction of sp³-hybridized carbons (Fsp3) is 0.417. The number of methoxy groups -OCH3 is 1. The maximum absolute atomic E-state index is 13.2. The summed E-state index contributed by atoms with van der Waals surface area (Å²) in [5, 5.41) is 0.00507. The predicted octanol–water partition coefficient (Wildman–Crippen LogP) is 2.70. The molecule has 17 heavy (non-hydrogen) atoms. The van der Waals surface area contributed by atoms with Gasteiger partial charge in [-0.1, -0.05) is 13.8 Å². The third kappa shape index (κ3) is 3.63. The zero-order valence-electron chi connectivity index (χ0n) is 10.1. The van der Waals surface area contributed by atoms with Gasteiger partial charge < -0.3 is 10.5 Å². The van der Waals surface area contributed by atoms with Gasteiger partial charge in [0.05, 0.1) is 18.7 Å². The Bertz CT molecular complexity index is 411. The van der Waals surface area contributed by atoms with Crippen molar-refractivity contribution < 1.29 is 13.9 Å². The van der Waals surface area contributed by atoms with Crippen LogP contribution in [0.2, 0.25) is 0 Å². The van der Waals surface area contributed by atoms with E-state index < -0.39 is 5.82 Å². The molecule has 0 bridgehead atoms. The molecule has 1 aromatic rings. The second-order valence-electron chi connectivity index (χ2n) is 3.82. The third-order valence-corrected chi connectivity index (χ3v) is 3.88. The molecular formula is C12H16FNO2S. The minimum atomic E-state index is -0.437. The van der Waals surface area contributed by atoms with Crippen molar-refractivity contribution in [2.24, 2.45) is 5.92 Å². The molecule has 0 aliphatic carbocycles. The Hall–Kier alpha value is -1.23. The summed E-state index contributed by atoms with van der Waals surface area (Å²) in [4.78, 5) is 12.1. The van der Waals surface area contributed by atoms with Gasteiger partial charge in [-0.05, 0) is 18.2 Å². The van der Waals surface area contributed by atoms with Crippen LogP contribution in [0, 0.1) is 11.7 Å². The molecule has 2 unspecified atom stereocenters. The second kappa shape index (κ2) is 5.91. The number of carbonyl (C=O) groups is 1. The summed E-state index contributed by atoms with van der Waals surface area (Å²) in [6.45, 7) is 3.69. The molecule has 0 aliphatic heterocycles. The number of esters is 1. The average molecular weight is 257 g/mol.